The van der Waals surface area contributed by atoms with Crippen molar-refractivity contribution in [2.24, 2.45) is 5.92 Å². The van der Waals surface area contributed by atoms with Gasteiger partial charge in [-0.2, -0.15) is 0 Å². The first-order valence-corrected chi connectivity index (χ1v) is 6.37. The van der Waals surface area contributed by atoms with E-state index in [2.05, 4.69) is 19.2 Å². The van der Waals surface area contributed by atoms with Crippen LogP contribution in [0.4, 0.5) is 0 Å². The molecule has 0 unspecified atom stereocenters. The Bertz CT molecular complexity index is 319. The van der Waals surface area contributed by atoms with Crippen molar-refractivity contribution in [3.63, 3.8) is 0 Å². The van der Waals surface area contributed by atoms with Gasteiger partial charge in [0.05, 0.1) is 13.1 Å². The van der Waals surface area contributed by atoms with Gasteiger partial charge in [0.15, 0.2) is 0 Å². The predicted molar refractivity (Wildman–Crippen MR) is 64.4 cm³/mol. The molecule has 2 amide bonds. The fourth-order valence-corrected chi connectivity index (χ4v) is 2.51. The molecule has 0 aromatic heterocycles. The molecule has 0 spiro atoms. The normalized spacial score (nSPS) is 29.9. The zero-order valence-corrected chi connectivity index (χ0v) is 10.6. The predicted octanol–water partition coefficient (Wildman–Crippen LogP) is -0.325. The van der Waals surface area contributed by atoms with Crippen LogP contribution in [0.3, 0.4) is 0 Å². The highest BCUT2D eigenvalue weighted by atomic mass is 16.2. The van der Waals surface area contributed by atoms with Gasteiger partial charge in [-0.3, -0.25) is 9.59 Å². The molecule has 0 bridgehead atoms. The maximum absolute atomic E-state index is 12.1. The summed E-state index contributed by atoms with van der Waals surface area (Å²) in [6, 6.07) is 0.306. The smallest absolute Gasteiger partial charge is 0.242 e. The van der Waals surface area contributed by atoms with Crippen LogP contribution in [0, 0.1) is 5.92 Å². The molecule has 2 saturated heterocycles. The lowest BCUT2D eigenvalue weighted by atomic mass is 10.1. The van der Waals surface area contributed by atoms with Crippen LogP contribution < -0.4 is 5.32 Å². The first-order valence-electron chi connectivity index (χ1n) is 6.37. The van der Waals surface area contributed by atoms with E-state index >= 15 is 0 Å². The summed E-state index contributed by atoms with van der Waals surface area (Å²) in [6.07, 6.45) is 1.07. The molecular formula is C12H21N3O2. The van der Waals surface area contributed by atoms with Crippen molar-refractivity contribution in [1.29, 1.82) is 0 Å². The van der Waals surface area contributed by atoms with E-state index < -0.39 is 0 Å². The van der Waals surface area contributed by atoms with Crippen molar-refractivity contribution >= 4 is 11.8 Å². The van der Waals surface area contributed by atoms with Gasteiger partial charge in [0.2, 0.25) is 11.8 Å². The molecule has 1 N–H and O–H groups in total. The Morgan fingerprint density at radius 2 is 2.18 bits per heavy atom. The maximum Gasteiger partial charge on any atom is 0.242 e. The SMILES string of the molecule is C[C@@H]1CCN(C(=O)CN2CCNCC2=O)[C@H]1C. The van der Waals surface area contributed by atoms with Gasteiger partial charge in [0, 0.05) is 25.7 Å². The number of hydrogen-bond donors (Lipinski definition) is 1. The van der Waals surface area contributed by atoms with E-state index in [0.29, 0.717) is 25.0 Å². The molecule has 2 aliphatic rings. The Hall–Kier alpha value is -1.10. The van der Waals surface area contributed by atoms with E-state index in [4.69, 9.17) is 0 Å². The van der Waals surface area contributed by atoms with Crippen LogP contribution in [-0.2, 0) is 9.59 Å². The Labute approximate surface area is 102 Å². The van der Waals surface area contributed by atoms with E-state index in [9.17, 15) is 9.59 Å². The minimum absolute atomic E-state index is 0.0319. The molecule has 17 heavy (non-hydrogen) atoms. The van der Waals surface area contributed by atoms with E-state index in [1.165, 1.54) is 0 Å². The third-order valence-corrected chi connectivity index (χ3v) is 3.97. The molecule has 96 valence electrons. The average Bonchev–Trinajstić information content (AvgIpc) is 2.63. The monoisotopic (exact) mass is 239 g/mol. The van der Waals surface area contributed by atoms with Crippen LogP contribution in [0.2, 0.25) is 0 Å². The summed E-state index contributed by atoms with van der Waals surface area (Å²) < 4.78 is 0. The molecule has 2 rings (SSSR count). The van der Waals surface area contributed by atoms with E-state index in [1.807, 2.05) is 4.90 Å². The molecule has 2 fully saturated rings. The standard InChI is InChI=1S/C12H21N3O2/c1-9-3-5-15(10(9)2)12(17)8-14-6-4-13-7-11(14)16/h9-10,13H,3-8H2,1-2H3/t9-,10+/m1/s1. The van der Waals surface area contributed by atoms with Gasteiger partial charge < -0.3 is 15.1 Å². The Balaban J connectivity index is 1.90. The van der Waals surface area contributed by atoms with Crippen molar-refractivity contribution in [2.45, 2.75) is 26.3 Å². The van der Waals surface area contributed by atoms with Gasteiger partial charge >= 0.3 is 0 Å². The quantitative estimate of drug-likeness (QED) is 0.718. The second-order valence-electron chi connectivity index (χ2n) is 5.09. The molecule has 5 nitrogen and oxygen atoms in total. The molecule has 0 aliphatic carbocycles. The third kappa shape index (κ3) is 2.60. The largest absolute Gasteiger partial charge is 0.338 e. The van der Waals surface area contributed by atoms with Gasteiger partial charge in [-0.25, -0.2) is 0 Å². The summed E-state index contributed by atoms with van der Waals surface area (Å²) in [7, 11) is 0. The molecule has 0 aromatic carbocycles. The number of likely N-dealkylation sites (tertiary alicyclic amines) is 1. The summed E-state index contributed by atoms with van der Waals surface area (Å²) in [4.78, 5) is 27.3. The molecule has 2 atom stereocenters. The summed E-state index contributed by atoms with van der Waals surface area (Å²) in [6.45, 7) is 7.13. The summed E-state index contributed by atoms with van der Waals surface area (Å²) in [5, 5.41) is 3.01. The second-order valence-corrected chi connectivity index (χ2v) is 5.09. The van der Waals surface area contributed by atoms with Crippen molar-refractivity contribution < 1.29 is 9.59 Å². The Kier molecular flexibility index (Phi) is 3.66. The number of nitrogens with one attached hydrogen (secondary N) is 1. The number of carbonyl (C=O) groups is 2. The average molecular weight is 239 g/mol. The zero-order chi connectivity index (χ0) is 12.4. The van der Waals surface area contributed by atoms with Gasteiger partial charge in [0.25, 0.3) is 0 Å². The first-order chi connectivity index (χ1) is 8.09. The fraction of sp³-hybridized carbons (Fsp3) is 0.833. The van der Waals surface area contributed by atoms with Gasteiger partial charge in [-0.1, -0.05) is 6.92 Å². The van der Waals surface area contributed by atoms with E-state index in [1.54, 1.807) is 4.90 Å². The summed E-state index contributed by atoms with van der Waals surface area (Å²) in [5.74, 6) is 0.694. The Morgan fingerprint density at radius 1 is 1.41 bits per heavy atom. The molecule has 0 saturated carbocycles. The number of piperazine rings is 1. The molecular weight excluding hydrogens is 218 g/mol. The number of nitrogens with zero attached hydrogens (tertiary/aromatic N) is 2. The minimum Gasteiger partial charge on any atom is -0.338 e. The lowest BCUT2D eigenvalue weighted by Gasteiger charge is -2.30. The highest BCUT2D eigenvalue weighted by Crippen LogP contribution is 2.23. The fourth-order valence-electron chi connectivity index (χ4n) is 2.51. The highest BCUT2D eigenvalue weighted by Gasteiger charge is 2.32. The van der Waals surface area contributed by atoms with Crippen LogP contribution in [0.5, 0.6) is 0 Å². The first kappa shape index (κ1) is 12.4. The third-order valence-electron chi connectivity index (χ3n) is 3.97. The van der Waals surface area contributed by atoms with Crippen molar-refractivity contribution in [2.75, 3.05) is 32.7 Å². The molecule has 2 heterocycles. The number of rotatable bonds is 2. The van der Waals surface area contributed by atoms with Crippen LogP contribution >= 0.6 is 0 Å². The van der Waals surface area contributed by atoms with Crippen molar-refractivity contribution in [1.82, 2.24) is 15.1 Å². The highest BCUT2D eigenvalue weighted by molar-refractivity contribution is 5.86. The minimum atomic E-state index is 0.0319. The van der Waals surface area contributed by atoms with Gasteiger partial charge in [0.1, 0.15) is 0 Å². The van der Waals surface area contributed by atoms with Gasteiger partial charge in [-0.15, -0.1) is 0 Å². The number of amides is 2. The van der Waals surface area contributed by atoms with Gasteiger partial charge in [-0.05, 0) is 19.3 Å². The van der Waals surface area contributed by atoms with Crippen LogP contribution in [-0.4, -0.2) is 60.4 Å². The maximum atomic E-state index is 12.1. The topological polar surface area (TPSA) is 52.7 Å². The second kappa shape index (κ2) is 5.04. The summed E-state index contributed by atoms with van der Waals surface area (Å²) >= 11 is 0. The Morgan fingerprint density at radius 3 is 2.76 bits per heavy atom. The van der Waals surface area contributed by atoms with Crippen molar-refractivity contribution in [3.8, 4) is 0 Å². The lowest BCUT2D eigenvalue weighted by molar-refractivity contribution is -0.141. The van der Waals surface area contributed by atoms with Crippen LogP contribution in [0.25, 0.3) is 0 Å². The molecule has 5 heteroatoms. The molecule has 0 radical (unpaired) electrons. The lowest BCUT2D eigenvalue weighted by Crippen LogP contribution is -2.52. The molecule has 0 aromatic rings. The van der Waals surface area contributed by atoms with Crippen LogP contribution in [0.1, 0.15) is 20.3 Å². The number of carbonyl (C=O) groups excluding carboxylic acids is 2. The van der Waals surface area contributed by atoms with E-state index in [-0.39, 0.29) is 18.4 Å². The summed E-state index contributed by atoms with van der Waals surface area (Å²) in [5.41, 5.74) is 0. The molecule has 2 aliphatic heterocycles. The number of hydrogen-bond acceptors (Lipinski definition) is 3. The van der Waals surface area contributed by atoms with Crippen LogP contribution in [0.15, 0.2) is 0 Å². The van der Waals surface area contributed by atoms with E-state index in [0.717, 1.165) is 19.5 Å². The zero-order valence-electron chi connectivity index (χ0n) is 10.6. The van der Waals surface area contributed by atoms with Crippen molar-refractivity contribution in [3.05, 3.63) is 0 Å².